The van der Waals surface area contributed by atoms with E-state index in [9.17, 15) is 9.59 Å². The number of aromatic nitrogens is 1. The third kappa shape index (κ3) is 2.24. The monoisotopic (exact) mass is 391 g/mol. The number of benzene rings is 2. The lowest BCUT2D eigenvalue weighted by atomic mass is 9.86. The molecule has 3 aliphatic rings. The van der Waals surface area contributed by atoms with Crippen LogP contribution in [0.2, 0.25) is 0 Å². The van der Waals surface area contributed by atoms with Crippen LogP contribution in [-0.2, 0) is 16.0 Å². The number of nitrogens with zero attached hydrogens (tertiary/aromatic N) is 2. The van der Waals surface area contributed by atoms with Gasteiger partial charge in [-0.3, -0.25) is 9.59 Å². The van der Waals surface area contributed by atoms with Crippen molar-refractivity contribution in [2.75, 3.05) is 20.3 Å². The van der Waals surface area contributed by atoms with Crippen LogP contribution in [0.15, 0.2) is 42.5 Å². The fourth-order valence-corrected chi connectivity index (χ4v) is 4.64. The second-order valence-corrected chi connectivity index (χ2v) is 7.52. The maximum absolute atomic E-state index is 13.4. The molecule has 2 aromatic carbocycles. The molecule has 0 aliphatic carbocycles. The first-order valence-corrected chi connectivity index (χ1v) is 9.47. The molecule has 4 heterocycles. The van der Waals surface area contributed by atoms with Crippen molar-refractivity contribution >= 4 is 22.7 Å². The zero-order valence-electron chi connectivity index (χ0n) is 17.6. The molecule has 2 atom stereocenters. The first-order chi connectivity index (χ1) is 14.9. The zero-order valence-corrected chi connectivity index (χ0v) is 15.6. The Hall–Kier alpha value is -3.48. The molecule has 1 aromatic heterocycles. The Bertz CT molecular complexity index is 1270. The van der Waals surface area contributed by atoms with E-state index >= 15 is 0 Å². The van der Waals surface area contributed by atoms with Crippen LogP contribution in [0.1, 0.15) is 25.6 Å². The number of fused-ring (bicyclic) bond motifs is 5. The van der Waals surface area contributed by atoms with Crippen LogP contribution in [0, 0.1) is 0 Å². The number of likely N-dealkylation sites (N-methyl/N-ethyl adjacent to an activating group) is 1. The van der Waals surface area contributed by atoms with E-state index in [0.29, 0.717) is 17.9 Å². The number of nitrogens with one attached hydrogen (secondary N) is 1. The van der Waals surface area contributed by atoms with Crippen molar-refractivity contribution in [2.24, 2.45) is 0 Å². The second-order valence-electron chi connectivity index (χ2n) is 7.52. The van der Waals surface area contributed by atoms with Crippen molar-refractivity contribution in [3.63, 3.8) is 0 Å². The number of ether oxygens (including phenoxy) is 2. The molecule has 0 bridgehead atoms. The third-order valence-electron chi connectivity index (χ3n) is 5.96. The van der Waals surface area contributed by atoms with Crippen LogP contribution in [0.4, 0.5) is 0 Å². The number of rotatable bonds is 1. The van der Waals surface area contributed by atoms with Gasteiger partial charge in [0.1, 0.15) is 6.04 Å². The van der Waals surface area contributed by atoms with Crippen LogP contribution in [0.3, 0.4) is 0 Å². The number of piperazine rings is 1. The lowest BCUT2D eigenvalue weighted by molar-refractivity contribution is -0.157. The first kappa shape index (κ1) is 14.5. The van der Waals surface area contributed by atoms with Crippen molar-refractivity contribution in [3.8, 4) is 11.5 Å². The summed E-state index contributed by atoms with van der Waals surface area (Å²) in [7, 11) is 1.35. The minimum absolute atomic E-state index is 0.123. The van der Waals surface area contributed by atoms with Crippen LogP contribution in [0.25, 0.3) is 10.9 Å². The van der Waals surface area contributed by atoms with Crippen molar-refractivity contribution in [1.82, 2.24) is 14.8 Å². The largest absolute Gasteiger partial charge is 0.454 e. The molecule has 7 nitrogen and oxygen atoms in total. The standard InChI is InChI=1S/C22H19N3O4/c1-24-10-19(26)25-16(22(24)27)9-14-13-4-2-3-5-15(13)23-20(14)21(25)12-6-7-17-18(8-12)29-11-28-17/h2-8,16,21,23H,9-11H2,1H3/t16-,21?/m1/s1/i10D2. The molecule has 146 valence electrons. The normalized spacial score (nSPS) is 25.6. The van der Waals surface area contributed by atoms with Crippen LogP contribution >= 0.6 is 0 Å². The van der Waals surface area contributed by atoms with E-state index in [-0.39, 0.29) is 6.79 Å². The molecule has 2 amide bonds. The van der Waals surface area contributed by atoms with Gasteiger partial charge in [-0.25, -0.2) is 0 Å². The molecule has 6 rings (SSSR count). The summed E-state index contributed by atoms with van der Waals surface area (Å²) in [6, 6.07) is 11.8. The summed E-state index contributed by atoms with van der Waals surface area (Å²) in [5.41, 5.74) is 3.40. The summed E-state index contributed by atoms with van der Waals surface area (Å²) in [4.78, 5) is 32.3. The van der Waals surface area contributed by atoms with E-state index in [1.807, 2.05) is 30.3 Å². The first-order valence-electron chi connectivity index (χ1n) is 10.5. The Kier molecular flexibility index (Phi) is 2.88. The minimum Gasteiger partial charge on any atom is -0.454 e. The van der Waals surface area contributed by atoms with E-state index in [4.69, 9.17) is 12.2 Å². The highest BCUT2D eigenvalue weighted by molar-refractivity contribution is 5.97. The molecule has 1 saturated heterocycles. The topological polar surface area (TPSA) is 74.9 Å². The molecule has 7 heteroatoms. The van der Waals surface area contributed by atoms with Crippen LogP contribution in [0.5, 0.6) is 11.5 Å². The number of hydrogen-bond donors (Lipinski definition) is 1. The van der Waals surface area contributed by atoms with Gasteiger partial charge in [0.2, 0.25) is 18.6 Å². The number of hydrogen-bond acceptors (Lipinski definition) is 4. The molecule has 3 aromatic rings. The molecule has 3 aliphatic heterocycles. The van der Waals surface area contributed by atoms with Gasteiger partial charge < -0.3 is 24.3 Å². The van der Waals surface area contributed by atoms with Gasteiger partial charge in [0.15, 0.2) is 11.5 Å². The van der Waals surface area contributed by atoms with Crippen molar-refractivity contribution in [1.29, 1.82) is 0 Å². The van der Waals surface area contributed by atoms with E-state index in [1.165, 1.54) is 11.9 Å². The Morgan fingerprint density at radius 2 is 1.97 bits per heavy atom. The van der Waals surface area contributed by atoms with Gasteiger partial charge in [-0.15, -0.1) is 0 Å². The van der Waals surface area contributed by atoms with Crippen molar-refractivity contribution in [3.05, 3.63) is 59.3 Å². The third-order valence-corrected chi connectivity index (χ3v) is 5.96. The van der Waals surface area contributed by atoms with Gasteiger partial charge >= 0.3 is 0 Å². The number of H-pyrrole nitrogens is 1. The van der Waals surface area contributed by atoms with E-state index in [1.54, 1.807) is 12.1 Å². The van der Waals surface area contributed by atoms with E-state index in [0.717, 1.165) is 32.6 Å². The Labute approximate surface area is 169 Å². The molecule has 1 unspecified atom stereocenters. The SMILES string of the molecule is [2H]C1([2H])C(=O)N2C(c3ccc4c(c3)OCO4)c3[nH]c4ccccc4c3C[C@@H]2C(=O)N1C. The second kappa shape index (κ2) is 5.76. The van der Waals surface area contributed by atoms with Gasteiger partial charge in [0, 0.05) is 30.1 Å². The Morgan fingerprint density at radius 1 is 1.14 bits per heavy atom. The predicted octanol–water partition coefficient (Wildman–Crippen LogP) is 2.21. The highest BCUT2D eigenvalue weighted by Crippen LogP contribution is 2.44. The molecule has 0 spiro atoms. The Balaban J connectivity index is 1.61. The quantitative estimate of drug-likeness (QED) is 0.690. The summed E-state index contributed by atoms with van der Waals surface area (Å²) in [5, 5.41) is 0.999. The number of aromatic amines is 1. The fourth-order valence-electron chi connectivity index (χ4n) is 4.64. The molecule has 29 heavy (non-hydrogen) atoms. The van der Waals surface area contributed by atoms with E-state index < -0.39 is 30.4 Å². The maximum Gasteiger partial charge on any atom is 0.245 e. The number of carbonyl (C=O) groups excluding carboxylic acids is 2. The summed E-state index contributed by atoms with van der Waals surface area (Å²) >= 11 is 0. The molecular formula is C22H19N3O4. The average molecular weight is 391 g/mol. The van der Waals surface area contributed by atoms with Gasteiger partial charge in [-0.05, 0) is 29.3 Å². The molecule has 1 fully saturated rings. The van der Waals surface area contributed by atoms with E-state index in [2.05, 4.69) is 4.98 Å². The number of carbonyl (C=O) groups is 2. The molecule has 1 N–H and O–H groups in total. The van der Waals surface area contributed by atoms with Crippen molar-refractivity contribution in [2.45, 2.75) is 18.5 Å². The predicted molar refractivity (Wildman–Crippen MR) is 105 cm³/mol. The summed E-state index contributed by atoms with van der Waals surface area (Å²) in [6.07, 6.45) is 0.325. The van der Waals surface area contributed by atoms with Gasteiger partial charge in [0.05, 0.1) is 15.3 Å². The summed E-state index contributed by atoms with van der Waals surface area (Å²) in [6.45, 7) is -2.30. The number of amides is 2. The average Bonchev–Trinajstić information content (AvgIpc) is 3.39. The summed E-state index contributed by atoms with van der Waals surface area (Å²) < 4.78 is 27.5. The lowest BCUT2D eigenvalue weighted by Crippen LogP contribution is -2.62. The highest BCUT2D eigenvalue weighted by Gasteiger charge is 2.47. The lowest BCUT2D eigenvalue weighted by Gasteiger charge is -2.46. The number of para-hydroxylation sites is 1. The fraction of sp³-hybridized carbons (Fsp3) is 0.273. The summed E-state index contributed by atoms with van der Waals surface area (Å²) in [5.74, 6) is 0.0372. The van der Waals surface area contributed by atoms with Crippen molar-refractivity contribution < 1.29 is 21.8 Å². The van der Waals surface area contributed by atoms with Crippen LogP contribution < -0.4 is 9.47 Å². The van der Waals surface area contributed by atoms with Crippen LogP contribution in [-0.4, -0.2) is 53.0 Å². The zero-order chi connectivity index (χ0) is 21.5. The highest BCUT2D eigenvalue weighted by atomic mass is 16.7. The molecule has 0 radical (unpaired) electrons. The Morgan fingerprint density at radius 3 is 2.86 bits per heavy atom. The molecule has 0 saturated carbocycles. The van der Waals surface area contributed by atoms with Gasteiger partial charge in [0.25, 0.3) is 0 Å². The molecular weight excluding hydrogens is 370 g/mol. The van der Waals surface area contributed by atoms with Gasteiger partial charge in [-0.2, -0.15) is 0 Å². The van der Waals surface area contributed by atoms with Gasteiger partial charge in [-0.1, -0.05) is 24.3 Å². The minimum atomic E-state index is -2.42. The smallest absolute Gasteiger partial charge is 0.245 e. The maximum atomic E-state index is 13.4.